The SMILES string of the molecule is CCC(Br)CCNC(=O)c1cccc(Cl)c1. The van der Waals surface area contributed by atoms with Crippen LogP contribution >= 0.6 is 27.5 Å². The molecule has 0 radical (unpaired) electrons. The average molecular weight is 305 g/mol. The minimum absolute atomic E-state index is 0.0710. The summed E-state index contributed by atoms with van der Waals surface area (Å²) >= 11 is 9.33. The van der Waals surface area contributed by atoms with Crippen molar-refractivity contribution in [2.24, 2.45) is 0 Å². The number of alkyl halides is 1. The van der Waals surface area contributed by atoms with Crippen LogP contribution in [0.3, 0.4) is 0 Å². The number of amides is 1. The Morgan fingerprint density at radius 3 is 2.94 bits per heavy atom. The summed E-state index contributed by atoms with van der Waals surface area (Å²) in [6.07, 6.45) is 2.00. The number of hydrogen-bond donors (Lipinski definition) is 1. The van der Waals surface area contributed by atoms with Crippen LogP contribution in [-0.4, -0.2) is 17.3 Å². The Morgan fingerprint density at radius 2 is 2.31 bits per heavy atom. The second kappa shape index (κ2) is 6.92. The van der Waals surface area contributed by atoms with Gasteiger partial charge in [0.15, 0.2) is 0 Å². The van der Waals surface area contributed by atoms with E-state index >= 15 is 0 Å². The summed E-state index contributed by atoms with van der Waals surface area (Å²) in [6.45, 7) is 2.79. The van der Waals surface area contributed by atoms with Crippen molar-refractivity contribution < 1.29 is 4.79 Å². The van der Waals surface area contributed by atoms with Gasteiger partial charge >= 0.3 is 0 Å². The van der Waals surface area contributed by atoms with Gasteiger partial charge in [-0.3, -0.25) is 4.79 Å². The van der Waals surface area contributed by atoms with Gasteiger partial charge in [-0.15, -0.1) is 0 Å². The van der Waals surface area contributed by atoms with Crippen LogP contribution in [0.4, 0.5) is 0 Å². The number of rotatable bonds is 5. The molecule has 0 fully saturated rings. The number of nitrogens with one attached hydrogen (secondary N) is 1. The van der Waals surface area contributed by atoms with Gasteiger partial charge in [0.25, 0.3) is 5.91 Å². The number of carbonyl (C=O) groups is 1. The fraction of sp³-hybridized carbons (Fsp3) is 0.417. The fourth-order valence-corrected chi connectivity index (χ4v) is 1.70. The van der Waals surface area contributed by atoms with E-state index in [1.807, 2.05) is 0 Å². The Labute approximate surface area is 110 Å². The van der Waals surface area contributed by atoms with Crippen LogP contribution in [0, 0.1) is 0 Å². The van der Waals surface area contributed by atoms with E-state index in [0.717, 1.165) is 12.8 Å². The van der Waals surface area contributed by atoms with Gasteiger partial charge in [0.1, 0.15) is 0 Å². The Bertz CT molecular complexity index is 357. The lowest BCUT2D eigenvalue weighted by Crippen LogP contribution is -2.25. The summed E-state index contributed by atoms with van der Waals surface area (Å²) in [5.41, 5.74) is 0.607. The highest BCUT2D eigenvalue weighted by molar-refractivity contribution is 9.09. The molecule has 2 nitrogen and oxygen atoms in total. The van der Waals surface area contributed by atoms with E-state index in [4.69, 9.17) is 11.6 Å². The van der Waals surface area contributed by atoms with Gasteiger partial charge in [-0.05, 0) is 31.0 Å². The van der Waals surface area contributed by atoms with Gasteiger partial charge in [0, 0.05) is 22.0 Å². The van der Waals surface area contributed by atoms with Gasteiger partial charge in [-0.2, -0.15) is 0 Å². The van der Waals surface area contributed by atoms with Crippen molar-refractivity contribution in [1.82, 2.24) is 5.32 Å². The molecular formula is C12H15BrClNO. The molecule has 0 bridgehead atoms. The molecule has 0 aliphatic heterocycles. The molecule has 88 valence electrons. The van der Waals surface area contributed by atoms with Crippen molar-refractivity contribution in [3.05, 3.63) is 34.9 Å². The molecule has 1 amide bonds. The summed E-state index contributed by atoms with van der Waals surface area (Å²) in [7, 11) is 0. The quantitative estimate of drug-likeness (QED) is 0.827. The van der Waals surface area contributed by atoms with Crippen LogP contribution in [0.5, 0.6) is 0 Å². The van der Waals surface area contributed by atoms with Crippen LogP contribution in [-0.2, 0) is 0 Å². The number of carbonyl (C=O) groups excluding carboxylic acids is 1. The minimum Gasteiger partial charge on any atom is -0.352 e. The topological polar surface area (TPSA) is 29.1 Å². The molecule has 1 aromatic rings. The summed E-state index contributed by atoms with van der Waals surface area (Å²) in [6, 6.07) is 6.95. The zero-order chi connectivity index (χ0) is 12.0. The highest BCUT2D eigenvalue weighted by Crippen LogP contribution is 2.11. The molecule has 1 unspecified atom stereocenters. The summed E-state index contributed by atoms with van der Waals surface area (Å²) in [4.78, 5) is 12.1. The Balaban J connectivity index is 2.41. The zero-order valence-corrected chi connectivity index (χ0v) is 11.5. The molecular weight excluding hydrogens is 289 g/mol. The van der Waals surface area contributed by atoms with Crippen LogP contribution in [0.25, 0.3) is 0 Å². The first-order chi connectivity index (χ1) is 7.63. The Morgan fingerprint density at radius 1 is 1.56 bits per heavy atom. The highest BCUT2D eigenvalue weighted by Gasteiger charge is 2.06. The first-order valence-electron chi connectivity index (χ1n) is 5.31. The van der Waals surface area contributed by atoms with Crippen molar-refractivity contribution in [3.63, 3.8) is 0 Å². The predicted molar refractivity (Wildman–Crippen MR) is 71.4 cm³/mol. The molecule has 1 atom stereocenters. The molecule has 0 spiro atoms. The second-order valence-corrected chi connectivity index (χ2v) is 5.29. The van der Waals surface area contributed by atoms with Crippen molar-refractivity contribution in [3.8, 4) is 0 Å². The molecule has 1 rings (SSSR count). The molecule has 1 aromatic carbocycles. The monoisotopic (exact) mass is 303 g/mol. The zero-order valence-electron chi connectivity index (χ0n) is 9.17. The summed E-state index contributed by atoms with van der Waals surface area (Å²) in [5, 5.41) is 3.45. The maximum Gasteiger partial charge on any atom is 0.251 e. The molecule has 0 heterocycles. The molecule has 16 heavy (non-hydrogen) atoms. The Hall–Kier alpha value is -0.540. The van der Waals surface area contributed by atoms with E-state index in [0.29, 0.717) is 22.0 Å². The third-order valence-corrected chi connectivity index (χ3v) is 3.61. The third kappa shape index (κ3) is 4.54. The van der Waals surface area contributed by atoms with E-state index in [-0.39, 0.29) is 5.91 Å². The lowest BCUT2D eigenvalue weighted by atomic mass is 10.2. The van der Waals surface area contributed by atoms with Crippen molar-refractivity contribution in [1.29, 1.82) is 0 Å². The molecule has 4 heteroatoms. The molecule has 1 N–H and O–H groups in total. The van der Waals surface area contributed by atoms with Gasteiger partial charge < -0.3 is 5.32 Å². The third-order valence-electron chi connectivity index (χ3n) is 2.27. The first-order valence-corrected chi connectivity index (χ1v) is 6.60. The van der Waals surface area contributed by atoms with Gasteiger partial charge in [-0.1, -0.05) is 40.5 Å². The van der Waals surface area contributed by atoms with Crippen LogP contribution in [0.15, 0.2) is 24.3 Å². The van der Waals surface area contributed by atoms with Crippen LogP contribution in [0.2, 0.25) is 5.02 Å². The van der Waals surface area contributed by atoms with Crippen molar-refractivity contribution in [2.45, 2.75) is 24.6 Å². The average Bonchev–Trinajstić information content (AvgIpc) is 2.28. The standard InChI is InChI=1S/C12H15BrClNO/c1-2-10(13)6-7-15-12(16)9-4-3-5-11(14)8-9/h3-5,8,10H,2,6-7H2,1H3,(H,15,16). The minimum atomic E-state index is -0.0710. The Kier molecular flexibility index (Phi) is 5.85. The molecule has 0 aliphatic carbocycles. The van der Waals surface area contributed by atoms with E-state index in [1.165, 1.54) is 0 Å². The lowest BCUT2D eigenvalue weighted by Gasteiger charge is -2.08. The maximum atomic E-state index is 11.7. The van der Waals surface area contributed by atoms with E-state index < -0.39 is 0 Å². The predicted octanol–water partition coefficient (Wildman–Crippen LogP) is 3.63. The van der Waals surface area contributed by atoms with E-state index in [2.05, 4.69) is 28.2 Å². The van der Waals surface area contributed by atoms with E-state index in [1.54, 1.807) is 24.3 Å². The smallest absolute Gasteiger partial charge is 0.251 e. The number of hydrogen-bond acceptors (Lipinski definition) is 1. The van der Waals surface area contributed by atoms with Crippen LogP contribution < -0.4 is 5.32 Å². The largest absolute Gasteiger partial charge is 0.352 e. The molecule has 0 saturated carbocycles. The molecule has 0 saturated heterocycles. The number of benzene rings is 1. The highest BCUT2D eigenvalue weighted by atomic mass is 79.9. The summed E-state index contributed by atoms with van der Waals surface area (Å²) < 4.78 is 0. The first kappa shape index (κ1) is 13.5. The number of halogens is 2. The lowest BCUT2D eigenvalue weighted by molar-refractivity contribution is 0.0953. The fourth-order valence-electron chi connectivity index (χ4n) is 1.28. The van der Waals surface area contributed by atoms with Gasteiger partial charge in [0.2, 0.25) is 0 Å². The molecule has 0 aromatic heterocycles. The van der Waals surface area contributed by atoms with Gasteiger partial charge in [-0.25, -0.2) is 0 Å². The van der Waals surface area contributed by atoms with Crippen LogP contribution in [0.1, 0.15) is 30.1 Å². The van der Waals surface area contributed by atoms with Crippen molar-refractivity contribution in [2.75, 3.05) is 6.54 Å². The van der Waals surface area contributed by atoms with Gasteiger partial charge in [0.05, 0.1) is 0 Å². The normalized spacial score (nSPS) is 12.2. The van der Waals surface area contributed by atoms with E-state index in [9.17, 15) is 4.79 Å². The second-order valence-electron chi connectivity index (χ2n) is 3.56. The maximum absolute atomic E-state index is 11.7. The summed E-state index contributed by atoms with van der Waals surface area (Å²) in [5.74, 6) is -0.0710. The van der Waals surface area contributed by atoms with Crippen molar-refractivity contribution >= 4 is 33.4 Å². The molecule has 0 aliphatic rings.